The topological polar surface area (TPSA) is 118 Å². The summed E-state index contributed by atoms with van der Waals surface area (Å²) in [6, 6.07) is 18.1. The number of hydrogen-bond acceptors (Lipinski definition) is 5. The zero-order chi connectivity index (χ0) is 25.4. The van der Waals surface area contributed by atoms with Gasteiger partial charge < -0.3 is 19.8 Å². The molecule has 1 atom stereocenters. The predicted molar refractivity (Wildman–Crippen MR) is 137 cm³/mol. The van der Waals surface area contributed by atoms with Crippen LogP contribution in [0.1, 0.15) is 16.1 Å². The van der Waals surface area contributed by atoms with Crippen molar-refractivity contribution in [1.82, 2.24) is 29.2 Å². The van der Waals surface area contributed by atoms with Crippen LogP contribution in [-0.2, 0) is 17.9 Å². The molecule has 10 heteroatoms. The van der Waals surface area contributed by atoms with Gasteiger partial charge in [-0.25, -0.2) is 9.67 Å². The van der Waals surface area contributed by atoms with Gasteiger partial charge >= 0.3 is 0 Å². The molecule has 0 saturated carbocycles. The van der Waals surface area contributed by atoms with Crippen molar-refractivity contribution in [3.63, 3.8) is 0 Å². The number of fused-ring (bicyclic) bond motifs is 2. The average molecular weight is 494 g/mol. The third-order valence-electron chi connectivity index (χ3n) is 6.52. The summed E-state index contributed by atoms with van der Waals surface area (Å²) in [4.78, 5) is 48.2. The van der Waals surface area contributed by atoms with Crippen LogP contribution in [0.5, 0.6) is 0 Å². The quantitative estimate of drug-likeness (QED) is 0.399. The van der Waals surface area contributed by atoms with Crippen LogP contribution in [0.15, 0.2) is 90.2 Å². The molecule has 5 aromatic rings. The van der Waals surface area contributed by atoms with Gasteiger partial charge in [0, 0.05) is 54.6 Å². The summed E-state index contributed by atoms with van der Waals surface area (Å²) in [5, 5.41) is 7.89. The van der Waals surface area contributed by atoms with Crippen LogP contribution in [0, 0.1) is 5.92 Å². The maximum Gasteiger partial charge on any atom is 0.262 e. The van der Waals surface area contributed by atoms with Crippen molar-refractivity contribution < 1.29 is 9.59 Å². The Morgan fingerprint density at radius 3 is 2.76 bits per heavy atom. The minimum absolute atomic E-state index is 0.0200. The molecule has 2 N–H and O–H groups in total. The Hall–Kier alpha value is -4.99. The molecular weight excluding hydrogens is 470 g/mol. The summed E-state index contributed by atoms with van der Waals surface area (Å²) in [6.45, 7) is 0.861. The molecule has 2 amide bonds. The van der Waals surface area contributed by atoms with E-state index < -0.39 is 17.4 Å². The number of nitrogens with one attached hydrogen (secondary N) is 2. The first kappa shape index (κ1) is 22.5. The molecule has 0 saturated heterocycles. The molecule has 0 aliphatic carbocycles. The van der Waals surface area contributed by atoms with Gasteiger partial charge in [0.2, 0.25) is 5.91 Å². The summed E-state index contributed by atoms with van der Waals surface area (Å²) in [7, 11) is 0. The highest BCUT2D eigenvalue weighted by molar-refractivity contribution is 5.98. The van der Waals surface area contributed by atoms with Gasteiger partial charge in [0.25, 0.3) is 11.5 Å². The molecule has 0 spiro atoms. The number of rotatable bonds is 4. The van der Waals surface area contributed by atoms with Crippen molar-refractivity contribution in [3.05, 3.63) is 107 Å². The molecule has 1 aliphatic rings. The lowest BCUT2D eigenvalue weighted by Gasteiger charge is -2.24. The van der Waals surface area contributed by atoms with E-state index in [2.05, 4.69) is 20.4 Å². The number of benzene rings is 1. The van der Waals surface area contributed by atoms with Gasteiger partial charge in [0.1, 0.15) is 11.2 Å². The van der Waals surface area contributed by atoms with Crippen molar-refractivity contribution in [1.29, 1.82) is 0 Å². The van der Waals surface area contributed by atoms with Gasteiger partial charge in [-0.15, -0.1) is 0 Å². The Labute approximate surface area is 211 Å². The number of pyridine rings is 2. The van der Waals surface area contributed by atoms with Crippen molar-refractivity contribution in [3.8, 4) is 5.69 Å². The van der Waals surface area contributed by atoms with Crippen molar-refractivity contribution in [2.24, 2.45) is 5.92 Å². The van der Waals surface area contributed by atoms with Gasteiger partial charge in [-0.1, -0.05) is 6.07 Å². The summed E-state index contributed by atoms with van der Waals surface area (Å²) in [6.07, 6.45) is 7.00. The van der Waals surface area contributed by atoms with Crippen LogP contribution in [0.4, 0.5) is 5.69 Å². The summed E-state index contributed by atoms with van der Waals surface area (Å²) < 4.78 is 3.69. The lowest BCUT2D eigenvalue weighted by molar-refractivity contribution is -0.120. The molecular formula is C27H23N7O3. The second kappa shape index (κ2) is 9.23. The summed E-state index contributed by atoms with van der Waals surface area (Å²) in [5.74, 6) is -1.18. The van der Waals surface area contributed by atoms with E-state index in [-0.39, 0.29) is 24.6 Å². The third-order valence-corrected chi connectivity index (χ3v) is 6.52. The number of aromatic amines is 1. The van der Waals surface area contributed by atoms with Gasteiger partial charge in [-0.3, -0.25) is 14.4 Å². The highest BCUT2D eigenvalue weighted by Gasteiger charge is 2.31. The lowest BCUT2D eigenvalue weighted by Crippen LogP contribution is -2.40. The van der Waals surface area contributed by atoms with Crippen molar-refractivity contribution >= 4 is 28.5 Å². The van der Waals surface area contributed by atoms with E-state index in [0.717, 1.165) is 11.4 Å². The number of H-pyrrole nitrogens is 1. The molecule has 184 valence electrons. The third kappa shape index (κ3) is 4.40. The molecule has 10 nitrogen and oxygen atoms in total. The molecule has 0 bridgehead atoms. The minimum Gasteiger partial charge on any atom is -0.349 e. The van der Waals surface area contributed by atoms with Gasteiger partial charge in [0.05, 0.1) is 18.2 Å². The first-order valence-corrected chi connectivity index (χ1v) is 11.9. The van der Waals surface area contributed by atoms with E-state index in [9.17, 15) is 14.4 Å². The molecule has 1 unspecified atom stereocenters. The van der Waals surface area contributed by atoms with E-state index >= 15 is 0 Å². The number of aromatic nitrogens is 5. The predicted octanol–water partition coefficient (Wildman–Crippen LogP) is 2.82. The van der Waals surface area contributed by atoms with Crippen molar-refractivity contribution in [2.45, 2.75) is 13.1 Å². The number of nitrogens with zero attached hydrogens (tertiary/aromatic N) is 5. The van der Waals surface area contributed by atoms with Crippen LogP contribution in [0.25, 0.3) is 16.7 Å². The molecule has 4 aromatic heterocycles. The fourth-order valence-corrected chi connectivity index (χ4v) is 4.67. The van der Waals surface area contributed by atoms with E-state index in [4.69, 9.17) is 0 Å². The zero-order valence-corrected chi connectivity index (χ0v) is 19.7. The van der Waals surface area contributed by atoms with Crippen LogP contribution in [0.3, 0.4) is 0 Å². The number of carbonyl (C=O) groups is 2. The van der Waals surface area contributed by atoms with E-state index in [1.807, 2.05) is 59.4 Å². The highest BCUT2D eigenvalue weighted by atomic mass is 16.2. The van der Waals surface area contributed by atoms with Crippen LogP contribution in [-0.4, -0.2) is 47.6 Å². The summed E-state index contributed by atoms with van der Waals surface area (Å²) >= 11 is 0. The smallest absolute Gasteiger partial charge is 0.262 e. The van der Waals surface area contributed by atoms with Crippen LogP contribution < -0.4 is 10.9 Å². The number of carbonyl (C=O) groups excluding carboxylic acids is 2. The SMILES string of the molecule is O=C(Nc1cccc(-n2cccn2)c1)C1CN(C(=O)c2cc3cccnc3[nH]c2=O)Cc2cccn2C1. The molecule has 1 aromatic carbocycles. The van der Waals surface area contributed by atoms with Crippen LogP contribution >= 0.6 is 0 Å². The molecule has 37 heavy (non-hydrogen) atoms. The Balaban J connectivity index is 1.28. The maximum atomic E-state index is 13.6. The Bertz CT molecular complexity index is 1670. The fraction of sp³-hybridized carbons (Fsp3) is 0.148. The lowest BCUT2D eigenvalue weighted by atomic mass is 10.1. The molecule has 5 heterocycles. The zero-order valence-electron chi connectivity index (χ0n) is 19.7. The van der Waals surface area contributed by atoms with E-state index in [1.54, 1.807) is 40.2 Å². The molecule has 1 aliphatic heterocycles. The number of hydrogen-bond donors (Lipinski definition) is 2. The summed E-state index contributed by atoms with van der Waals surface area (Å²) in [5.41, 5.74) is 2.27. The van der Waals surface area contributed by atoms with Crippen LogP contribution in [0.2, 0.25) is 0 Å². The molecule has 0 radical (unpaired) electrons. The largest absolute Gasteiger partial charge is 0.349 e. The maximum absolute atomic E-state index is 13.6. The van der Waals surface area contributed by atoms with E-state index in [0.29, 0.717) is 23.3 Å². The number of amides is 2. The Morgan fingerprint density at radius 1 is 0.973 bits per heavy atom. The Kier molecular flexibility index (Phi) is 5.61. The van der Waals surface area contributed by atoms with E-state index in [1.165, 1.54) is 0 Å². The first-order valence-electron chi connectivity index (χ1n) is 11.9. The number of anilines is 1. The standard InChI is InChI=1S/C27H23N7O3/c35-25(30-20-6-1-7-21(14-20)34-12-4-10-29-34)19-15-32-11-3-8-22(32)17-33(16-19)27(37)23-13-18-5-2-9-28-24(18)31-26(23)36/h1-14,19H,15-17H2,(H,30,35)(H,28,31,36). The first-order chi connectivity index (χ1) is 18.0. The molecule has 6 rings (SSSR count). The normalized spacial score (nSPS) is 15.2. The highest BCUT2D eigenvalue weighted by Crippen LogP contribution is 2.22. The second-order valence-electron chi connectivity index (χ2n) is 8.98. The molecule has 0 fully saturated rings. The van der Waals surface area contributed by atoms with Gasteiger partial charge in [-0.2, -0.15) is 5.10 Å². The monoisotopic (exact) mass is 493 g/mol. The Morgan fingerprint density at radius 2 is 1.89 bits per heavy atom. The van der Waals surface area contributed by atoms with Gasteiger partial charge in [0.15, 0.2) is 0 Å². The van der Waals surface area contributed by atoms with Crippen molar-refractivity contribution in [2.75, 3.05) is 11.9 Å². The second-order valence-corrected chi connectivity index (χ2v) is 8.98. The minimum atomic E-state index is -0.535. The fourth-order valence-electron chi connectivity index (χ4n) is 4.67. The average Bonchev–Trinajstić information content (AvgIpc) is 3.57. The van der Waals surface area contributed by atoms with Gasteiger partial charge in [-0.05, 0) is 54.6 Å².